The lowest BCUT2D eigenvalue weighted by Crippen LogP contribution is -2.55. The lowest BCUT2D eigenvalue weighted by atomic mass is 9.88. The van der Waals surface area contributed by atoms with Crippen LogP contribution in [0.25, 0.3) is 0 Å². The Morgan fingerprint density at radius 3 is 2.05 bits per heavy atom. The Balaban J connectivity index is 2.63. The Kier molecular flexibility index (Phi) is 5.15. The first-order valence-corrected chi connectivity index (χ1v) is 6.12. The van der Waals surface area contributed by atoms with Gasteiger partial charge in [0, 0.05) is 0 Å². The number of rotatable bonds is 2. The van der Waals surface area contributed by atoms with Crippen molar-refractivity contribution in [1.29, 1.82) is 0 Å². The van der Waals surface area contributed by atoms with Crippen molar-refractivity contribution in [3.63, 3.8) is 0 Å². The van der Waals surface area contributed by atoms with Gasteiger partial charge in [0.2, 0.25) is 6.04 Å². The molecule has 0 aromatic heterocycles. The summed E-state index contributed by atoms with van der Waals surface area (Å²) in [6.45, 7) is 1.74. The van der Waals surface area contributed by atoms with Gasteiger partial charge in [-0.25, -0.2) is 4.79 Å². The summed E-state index contributed by atoms with van der Waals surface area (Å²) in [5, 5.41) is 0.854. The van der Waals surface area contributed by atoms with Crippen molar-refractivity contribution in [2.75, 3.05) is 0 Å². The van der Waals surface area contributed by atoms with Crippen LogP contribution < -0.4 is 5.32 Å². The van der Waals surface area contributed by atoms with Crippen molar-refractivity contribution < 1.29 is 35.9 Å². The zero-order valence-electron chi connectivity index (χ0n) is 10.6. The van der Waals surface area contributed by atoms with Gasteiger partial charge in [-0.1, -0.05) is 13.3 Å². The maximum absolute atomic E-state index is 12.2. The van der Waals surface area contributed by atoms with E-state index >= 15 is 0 Å². The molecule has 9 heteroatoms. The second-order valence-electron chi connectivity index (χ2n) is 4.87. The van der Waals surface area contributed by atoms with Gasteiger partial charge in [-0.15, -0.1) is 0 Å². The molecule has 1 saturated carbocycles. The fourth-order valence-electron chi connectivity index (χ4n) is 2.10. The highest BCUT2D eigenvalue weighted by molar-refractivity contribution is 5.68. The quantitative estimate of drug-likeness (QED) is 0.788. The van der Waals surface area contributed by atoms with Crippen LogP contribution in [0.2, 0.25) is 0 Å². The third-order valence-corrected chi connectivity index (χ3v) is 3.21. The number of hydrogen-bond acceptors (Lipinski definition) is 2. The Morgan fingerprint density at radius 1 is 1.10 bits per heavy atom. The van der Waals surface area contributed by atoms with Gasteiger partial charge in [-0.2, -0.15) is 26.3 Å². The molecule has 118 valence electrons. The highest BCUT2D eigenvalue weighted by Crippen LogP contribution is 2.33. The van der Waals surface area contributed by atoms with Crippen LogP contribution in [0.5, 0.6) is 0 Å². The van der Waals surface area contributed by atoms with E-state index in [1.807, 2.05) is 0 Å². The Labute approximate surface area is 111 Å². The summed E-state index contributed by atoms with van der Waals surface area (Å²) < 4.78 is 78.1. The zero-order valence-corrected chi connectivity index (χ0v) is 10.6. The number of carbonyl (C=O) groups is 1. The number of carbonyl (C=O) groups excluding carboxylic acids is 1. The molecule has 1 N–H and O–H groups in total. The van der Waals surface area contributed by atoms with Crippen LogP contribution in [0.4, 0.5) is 31.1 Å². The van der Waals surface area contributed by atoms with E-state index in [1.165, 1.54) is 0 Å². The van der Waals surface area contributed by atoms with Crippen LogP contribution in [0.15, 0.2) is 0 Å². The molecule has 1 fully saturated rings. The van der Waals surface area contributed by atoms with E-state index in [-0.39, 0.29) is 5.92 Å². The Hall–Kier alpha value is -1.15. The van der Waals surface area contributed by atoms with Crippen LogP contribution in [-0.2, 0) is 4.74 Å². The van der Waals surface area contributed by atoms with Gasteiger partial charge in [0.1, 0.15) is 6.10 Å². The van der Waals surface area contributed by atoms with E-state index in [9.17, 15) is 31.1 Å². The van der Waals surface area contributed by atoms with Crippen molar-refractivity contribution in [2.24, 2.45) is 5.92 Å². The average molecular weight is 307 g/mol. The first-order chi connectivity index (χ1) is 9.01. The molecule has 3 nitrogen and oxygen atoms in total. The topological polar surface area (TPSA) is 38.3 Å². The predicted molar refractivity (Wildman–Crippen MR) is 56.9 cm³/mol. The van der Waals surface area contributed by atoms with Gasteiger partial charge in [0.15, 0.2) is 0 Å². The van der Waals surface area contributed by atoms with E-state index in [2.05, 4.69) is 4.74 Å². The molecule has 0 heterocycles. The molecule has 2 atom stereocenters. The van der Waals surface area contributed by atoms with Crippen LogP contribution >= 0.6 is 0 Å². The number of nitrogens with one attached hydrogen (secondary N) is 1. The molecule has 0 spiro atoms. The largest absolute Gasteiger partial charge is 0.446 e. The number of ether oxygens (including phenoxy) is 1. The normalized spacial score (nSPS) is 24.6. The summed E-state index contributed by atoms with van der Waals surface area (Å²) in [7, 11) is 0. The summed E-state index contributed by atoms with van der Waals surface area (Å²) in [5.74, 6) is -0.0790. The standard InChI is InChI=1S/C11H15F6NO2/c1-6-4-2-3-5-7(6)20-9(19)18-8(10(12,13)14)11(15,16)17/h6-8H,2-5H2,1H3,(H,18,19). The van der Waals surface area contributed by atoms with E-state index in [0.717, 1.165) is 24.6 Å². The van der Waals surface area contributed by atoms with Crippen LogP contribution in [0, 0.1) is 5.92 Å². The number of alkyl carbamates (subject to hydrolysis) is 1. The Morgan fingerprint density at radius 2 is 1.60 bits per heavy atom. The number of alkyl halides is 6. The van der Waals surface area contributed by atoms with Crippen molar-refractivity contribution in [2.45, 2.75) is 57.1 Å². The molecule has 0 saturated heterocycles. The van der Waals surface area contributed by atoms with Crippen molar-refractivity contribution in [3.8, 4) is 0 Å². The Bertz CT molecular complexity index is 327. The first kappa shape index (κ1) is 16.9. The number of halogens is 6. The molecule has 0 aromatic rings. The third kappa shape index (κ3) is 4.75. The van der Waals surface area contributed by atoms with Gasteiger partial charge in [0.25, 0.3) is 0 Å². The van der Waals surface area contributed by atoms with Gasteiger partial charge >= 0.3 is 18.4 Å². The van der Waals surface area contributed by atoms with Gasteiger partial charge < -0.3 is 10.1 Å². The maximum atomic E-state index is 12.2. The van der Waals surface area contributed by atoms with Gasteiger partial charge in [-0.05, 0) is 25.2 Å². The SMILES string of the molecule is CC1CCCCC1OC(=O)NC(C(F)(F)F)C(F)(F)F. The molecular weight excluding hydrogens is 292 g/mol. The van der Waals surface area contributed by atoms with Crippen molar-refractivity contribution in [3.05, 3.63) is 0 Å². The number of amides is 1. The summed E-state index contributed by atoms with van der Waals surface area (Å²) in [5.41, 5.74) is 0. The number of hydrogen-bond donors (Lipinski definition) is 1. The monoisotopic (exact) mass is 307 g/mol. The fraction of sp³-hybridized carbons (Fsp3) is 0.909. The van der Waals surface area contributed by atoms with E-state index in [0.29, 0.717) is 6.42 Å². The average Bonchev–Trinajstić information content (AvgIpc) is 2.26. The third-order valence-electron chi connectivity index (χ3n) is 3.21. The summed E-state index contributed by atoms with van der Waals surface area (Å²) in [6, 6.07) is -3.92. The van der Waals surface area contributed by atoms with Crippen LogP contribution in [0.1, 0.15) is 32.6 Å². The van der Waals surface area contributed by atoms with Crippen LogP contribution in [0.3, 0.4) is 0 Å². The smallest absolute Gasteiger partial charge is 0.417 e. The minimum Gasteiger partial charge on any atom is -0.446 e. The molecule has 0 aliphatic heterocycles. The minimum atomic E-state index is -5.62. The summed E-state index contributed by atoms with van der Waals surface area (Å²) in [4.78, 5) is 11.2. The predicted octanol–water partition coefficient (Wildman–Crippen LogP) is 3.78. The molecule has 1 aliphatic rings. The highest BCUT2D eigenvalue weighted by Gasteiger charge is 2.58. The molecule has 2 unspecified atom stereocenters. The lowest BCUT2D eigenvalue weighted by molar-refractivity contribution is -0.256. The zero-order chi connectivity index (χ0) is 15.6. The molecular formula is C11H15F6NO2. The summed E-state index contributed by atoms with van der Waals surface area (Å²) >= 11 is 0. The summed E-state index contributed by atoms with van der Waals surface area (Å²) in [6.07, 6.45) is -10.8. The van der Waals surface area contributed by atoms with Crippen molar-refractivity contribution >= 4 is 6.09 Å². The second kappa shape index (κ2) is 6.09. The minimum absolute atomic E-state index is 0.0790. The van der Waals surface area contributed by atoms with E-state index in [1.54, 1.807) is 6.92 Å². The molecule has 20 heavy (non-hydrogen) atoms. The lowest BCUT2D eigenvalue weighted by Gasteiger charge is -2.30. The molecule has 1 amide bonds. The van der Waals surface area contributed by atoms with Gasteiger partial charge in [0.05, 0.1) is 0 Å². The maximum Gasteiger partial charge on any atom is 0.417 e. The van der Waals surface area contributed by atoms with E-state index in [4.69, 9.17) is 0 Å². The van der Waals surface area contributed by atoms with Crippen LogP contribution in [-0.4, -0.2) is 30.6 Å². The van der Waals surface area contributed by atoms with E-state index < -0.39 is 30.6 Å². The molecule has 0 radical (unpaired) electrons. The molecule has 1 aliphatic carbocycles. The molecule has 1 rings (SSSR count). The highest BCUT2D eigenvalue weighted by atomic mass is 19.4. The molecule has 0 aromatic carbocycles. The molecule has 0 bridgehead atoms. The van der Waals surface area contributed by atoms with Gasteiger partial charge in [-0.3, -0.25) is 0 Å². The second-order valence-corrected chi connectivity index (χ2v) is 4.87. The first-order valence-electron chi connectivity index (χ1n) is 6.12. The fourth-order valence-corrected chi connectivity index (χ4v) is 2.10. The van der Waals surface area contributed by atoms with Crippen molar-refractivity contribution in [1.82, 2.24) is 5.32 Å².